The fraction of sp³-hybridized carbons (Fsp3) is 0.765. The molecule has 1 N–H and O–H groups in total. The largest absolute Gasteiger partial charge is 0.370 e. The molecule has 1 saturated carbocycles. The Kier molecular flexibility index (Phi) is 5.71. The SMILES string of the molecule is CCNCCc1c(CC)nc(C2(OC)CCC2)nc1CC. The van der Waals surface area contributed by atoms with Crippen molar-refractivity contribution in [3.63, 3.8) is 0 Å². The minimum absolute atomic E-state index is 0.214. The van der Waals surface area contributed by atoms with E-state index in [4.69, 9.17) is 14.7 Å². The van der Waals surface area contributed by atoms with Gasteiger partial charge in [-0.15, -0.1) is 0 Å². The number of aryl methyl sites for hydroxylation is 2. The van der Waals surface area contributed by atoms with Crippen molar-refractivity contribution in [3.8, 4) is 0 Å². The molecule has 0 bridgehead atoms. The molecule has 0 aromatic carbocycles. The van der Waals surface area contributed by atoms with Gasteiger partial charge in [-0.2, -0.15) is 0 Å². The van der Waals surface area contributed by atoms with Gasteiger partial charge in [0, 0.05) is 18.5 Å². The fourth-order valence-electron chi connectivity index (χ4n) is 3.07. The highest BCUT2D eigenvalue weighted by Crippen LogP contribution is 2.43. The fourth-order valence-corrected chi connectivity index (χ4v) is 3.07. The summed E-state index contributed by atoms with van der Waals surface area (Å²) in [6.07, 6.45) is 6.25. The smallest absolute Gasteiger partial charge is 0.160 e. The Balaban J connectivity index is 2.34. The molecule has 0 saturated heterocycles. The van der Waals surface area contributed by atoms with E-state index in [0.717, 1.165) is 51.0 Å². The minimum Gasteiger partial charge on any atom is -0.370 e. The zero-order chi connectivity index (χ0) is 15.3. The average Bonchev–Trinajstić information content (AvgIpc) is 2.47. The van der Waals surface area contributed by atoms with Crippen LogP contribution in [0.4, 0.5) is 0 Å². The summed E-state index contributed by atoms with van der Waals surface area (Å²) in [5.74, 6) is 0.914. The van der Waals surface area contributed by atoms with E-state index in [-0.39, 0.29) is 5.60 Å². The first-order valence-electron chi connectivity index (χ1n) is 8.35. The highest BCUT2D eigenvalue weighted by Gasteiger charge is 2.42. The number of nitrogens with zero attached hydrogens (tertiary/aromatic N) is 2. The van der Waals surface area contributed by atoms with Crippen molar-refractivity contribution >= 4 is 0 Å². The van der Waals surface area contributed by atoms with Crippen LogP contribution in [0.5, 0.6) is 0 Å². The van der Waals surface area contributed by atoms with Crippen molar-refractivity contribution in [2.24, 2.45) is 0 Å². The van der Waals surface area contributed by atoms with Crippen molar-refractivity contribution < 1.29 is 4.74 Å². The molecule has 0 amide bonds. The number of ether oxygens (including phenoxy) is 1. The van der Waals surface area contributed by atoms with Gasteiger partial charge in [0.25, 0.3) is 0 Å². The quantitative estimate of drug-likeness (QED) is 0.748. The molecule has 1 aliphatic rings. The first-order valence-corrected chi connectivity index (χ1v) is 8.35. The monoisotopic (exact) mass is 291 g/mol. The molecule has 0 atom stereocenters. The zero-order valence-corrected chi connectivity index (χ0v) is 14.0. The van der Waals surface area contributed by atoms with Gasteiger partial charge in [-0.05, 0) is 57.2 Å². The number of rotatable bonds is 8. The Bertz CT molecular complexity index is 439. The van der Waals surface area contributed by atoms with Crippen molar-refractivity contribution in [3.05, 3.63) is 22.8 Å². The number of likely N-dealkylation sites (N-methyl/N-ethyl adjacent to an activating group) is 1. The summed E-state index contributed by atoms with van der Waals surface area (Å²) in [6.45, 7) is 8.51. The van der Waals surface area contributed by atoms with E-state index in [0.29, 0.717) is 0 Å². The summed E-state index contributed by atoms with van der Waals surface area (Å²) in [5, 5.41) is 3.40. The van der Waals surface area contributed by atoms with Crippen LogP contribution in [0.2, 0.25) is 0 Å². The number of hydrogen-bond acceptors (Lipinski definition) is 4. The van der Waals surface area contributed by atoms with Crippen molar-refractivity contribution in [1.29, 1.82) is 0 Å². The minimum atomic E-state index is -0.214. The van der Waals surface area contributed by atoms with Gasteiger partial charge < -0.3 is 10.1 Å². The van der Waals surface area contributed by atoms with Crippen LogP contribution in [0.3, 0.4) is 0 Å². The molecule has 2 rings (SSSR count). The molecule has 0 spiro atoms. The van der Waals surface area contributed by atoms with Gasteiger partial charge in [0.05, 0.1) is 0 Å². The lowest BCUT2D eigenvalue weighted by atomic mass is 9.79. The molecule has 1 aliphatic carbocycles. The number of methoxy groups -OCH3 is 1. The molecular weight excluding hydrogens is 262 g/mol. The lowest BCUT2D eigenvalue weighted by molar-refractivity contribution is -0.0849. The molecule has 1 heterocycles. The summed E-state index contributed by atoms with van der Waals surface area (Å²) < 4.78 is 5.76. The van der Waals surface area contributed by atoms with Crippen molar-refractivity contribution in [1.82, 2.24) is 15.3 Å². The topological polar surface area (TPSA) is 47.0 Å². The molecule has 4 nitrogen and oxygen atoms in total. The van der Waals surface area contributed by atoms with Crippen LogP contribution >= 0.6 is 0 Å². The Morgan fingerprint density at radius 3 is 2.10 bits per heavy atom. The first-order chi connectivity index (χ1) is 10.2. The Labute approximate surface area is 128 Å². The summed E-state index contributed by atoms with van der Waals surface area (Å²) in [5.41, 5.74) is 3.54. The molecule has 1 fully saturated rings. The maximum Gasteiger partial charge on any atom is 0.160 e. The lowest BCUT2D eigenvalue weighted by Gasteiger charge is -2.39. The Morgan fingerprint density at radius 1 is 1.10 bits per heavy atom. The molecule has 1 aromatic heterocycles. The lowest BCUT2D eigenvalue weighted by Crippen LogP contribution is -2.38. The summed E-state index contributed by atoms with van der Waals surface area (Å²) in [4.78, 5) is 9.76. The molecule has 0 unspecified atom stereocenters. The van der Waals surface area contributed by atoms with Gasteiger partial charge in [0.1, 0.15) is 5.60 Å². The van der Waals surface area contributed by atoms with E-state index in [9.17, 15) is 0 Å². The molecular formula is C17H29N3O. The van der Waals surface area contributed by atoms with E-state index >= 15 is 0 Å². The Morgan fingerprint density at radius 2 is 1.71 bits per heavy atom. The first kappa shape index (κ1) is 16.4. The molecule has 4 heteroatoms. The standard InChI is InChI=1S/C17H29N3O/c1-5-14-13(9-12-18-7-3)15(6-2)20-16(19-14)17(21-4)10-8-11-17/h18H,5-12H2,1-4H3. The summed E-state index contributed by atoms with van der Waals surface area (Å²) in [7, 11) is 1.79. The molecule has 0 aliphatic heterocycles. The second-order valence-electron chi connectivity index (χ2n) is 5.78. The van der Waals surface area contributed by atoms with Crippen molar-refractivity contribution in [2.45, 2.75) is 64.9 Å². The normalized spacial score (nSPS) is 16.8. The van der Waals surface area contributed by atoms with Gasteiger partial charge in [0.2, 0.25) is 0 Å². The second kappa shape index (κ2) is 7.32. The van der Waals surface area contributed by atoms with Crippen LogP contribution in [-0.4, -0.2) is 30.2 Å². The molecule has 1 aromatic rings. The zero-order valence-electron chi connectivity index (χ0n) is 14.0. The molecule has 118 valence electrons. The maximum atomic E-state index is 5.76. The van der Waals surface area contributed by atoms with E-state index < -0.39 is 0 Å². The van der Waals surface area contributed by atoms with Crippen molar-refractivity contribution in [2.75, 3.05) is 20.2 Å². The number of nitrogens with one attached hydrogen (secondary N) is 1. The van der Waals surface area contributed by atoms with Crippen LogP contribution < -0.4 is 5.32 Å². The third-order valence-electron chi connectivity index (χ3n) is 4.61. The van der Waals surface area contributed by atoms with Crippen LogP contribution in [-0.2, 0) is 29.6 Å². The third kappa shape index (κ3) is 3.27. The number of aromatic nitrogens is 2. The van der Waals surface area contributed by atoms with Gasteiger partial charge >= 0.3 is 0 Å². The highest BCUT2D eigenvalue weighted by molar-refractivity contribution is 5.29. The van der Waals surface area contributed by atoms with E-state index in [1.807, 2.05) is 0 Å². The van der Waals surface area contributed by atoms with E-state index in [1.165, 1.54) is 23.4 Å². The summed E-state index contributed by atoms with van der Waals surface area (Å²) >= 11 is 0. The van der Waals surface area contributed by atoms with Gasteiger partial charge in [0.15, 0.2) is 5.82 Å². The van der Waals surface area contributed by atoms with E-state index in [2.05, 4.69) is 26.1 Å². The summed E-state index contributed by atoms with van der Waals surface area (Å²) in [6, 6.07) is 0. The van der Waals surface area contributed by atoms with Gasteiger partial charge in [-0.3, -0.25) is 0 Å². The number of hydrogen-bond donors (Lipinski definition) is 1. The van der Waals surface area contributed by atoms with Crippen LogP contribution in [0.15, 0.2) is 0 Å². The van der Waals surface area contributed by atoms with Crippen LogP contribution in [0.25, 0.3) is 0 Å². The van der Waals surface area contributed by atoms with Crippen LogP contribution in [0, 0.1) is 0 Å². The van der Waals surface area contributed by atoms with E-state index in [1.54, 1.807) is 7.11 Å². The highest BCUT2D eigenvalue weighted by atomic mass is 16.5. The molecule has 21 heavy (non-hydrogen) atoms. The Hall–Kier alpha value is -1.00. The van der Waals surface area contributed by atoms with Gasteiger partial charge in [-0.25, -0.2) is 9.97 Å². The van der Waals surface area contributed by atoms with Gasteiger partial charge in [-0.1, -0.05) is 20.8 Å². The maximum absolute atomic E-state index is 5.76. The predicted molar refractivity (Wildman–Crippen MR) is 85.6 cm³/mol. The third-order valence-corrected chi connectivity index (χ3v) is 4.61. The van der Waals surface area contributed by atoms with Crippen LogP contribution in [0.1, 0.15) is 62.8 Å². The molecule has 0 radical (unpaired) electrons. The predicted octanol–water partition coefficient (Wildman–Crippen LogP) is 2.78. The average molecular weight is 291 g/mol. The second-order valence-corrected chi connectivity index (χ2v) is 5.78.